The highest BCUT2D eigenvalue weighted by atomic mass is 16.5. The predicted molar refractivity (Wildman–Crippen MR) is 81.0 cm³/mol. The second kappa shape index (κ2) is 4.84. The number of benzene rings is 2. The largest absolute Gasteiger partial charge is 0.425 e. The molecule has 4 rings (SSSR count). The van der Waals surface area contributed by atoms with Gasteiger partial charge in [0, 0.05) is 5.92 Å². The van der Waals surface area contributed by atoms with E-state index in [-0.39, 0.29) is 18.3 Å². The lowest BCUT2D eigenvalue weighted by atomic mass is 9.87. The Kier molecular flexibility index (Phi) is 2.82. The van der Waals surface area contributed by atoms with Crippen molar-refractivity contribution in [3.05, 3.63) is 76.1 Å². The van der Waals surface area contributed by atoms with Crippen molar-refractivity contribution in [2.75, 3.05) is 0 Å². The van der Waals surface area contributed by atoms with Gasteiger partial charge in [-0.3, -0.25) is 4.79 Å². The van der Waals surface area contributed by atoms with Gasteiger partial charge in [-0.25, -0.2) is 4.79 Å². The zero-order valence-electron chi connectivity index (χ0n) is 11.6. The van der Waals surface area contributed by atoms with Gasteiger partial charge in [-0.1, -0.05) is 42.5 Å². The lowest BCUT2D eigenvalue weighted by Crippen LogP contribution is -2.26. The van der Waals surface area contributed by atoms with E-state index in [0.717, 1.165) is 5.56 Å². The topological polar surface area (TPSA) is 56.5 Å². The third kappa shape index (κ3) is 1.92. The molecular weight excluding hydrogens is 280 g/mol. The monoisotopic (exact) mass is 292 g/mol. The van der Waals surface area contributed by atoms with Crippen LogP contribution in [0.3, 0.4) is 0 Å². The maximum Gasteiger partial charge on any atom is 0.343 e. The summed E-state index contributed by atoms with van der Waals surface area (Å²) in [6, 6.07) is 16.6. The standard InChI is InChI=1S/C18H12O4/c19-15-10-13(11-6-2-1-3-7-11)16-17(22-15)12-8-4-5-9-14(12)21-18(16)20/h1-9,13H,10H2/t13-/m1/s1. The molecule has 3 aromatic rings. The van der Waals surface area contributed by atoms with Gasteiger partial charge in [-0.15, -0.1) is 0 Å². The molecule has 22 heavy (non-hydrogen) atoms. The molecule has 4 nitrogen and oxygen atoms in total. The molecule has 0 spiro atoms. The van der Waals surface area contributed by atoms with E-state index in [1.54, 1.807) is 18.2 Å². The van der Waals surface area contributed by atoms with E-state index >= 15 is 0 Å². The van der Waals surface area contributed by atoms with Crippen LogP contribution in [-0.4, -0.2) is 5.97 Å². The molecule has 1 aromatic heterocycles. The number of carbonyl (C=O) groups is 1. The zero-order chi connectivity index (χ0) is 15.1. The third-order valence-electron chi connectivity index (χ3n) is 3.94. The van der Waals surface area contributed by atoms with Gasteiger partial charge < -0.3 is 9.15 Å². The van der Waals surface area contributed by atoms with Crippen molar-refractivity contribution in [3.63, 3.8) is 0 Å². The van der Waals surface area contributed by atoms with Crippen LogP contribution in [0.1, 0.15) is 23.5 Å². The van der Waals surface area contributed by atoms with Crippen LogP contribution in [0.5, 0.6) is 5.75 Å². The van der Waals surface area contributed by atoms with Crippen LogP contribution >= 0.6 is 0 Å². The molecule has 1 aliphatic heterocycles. The first-order chi connectivity index (χ1) is 10.7. The highest BCUT2D eigenvalue weighted by molar-refractivity contribution is 5.90. The highest BCUT2D eigenvalue weighted by Gasteiger charge is 2.33. The van der Waals surface area contributed by atoms with Crippen LogP contribution in [0.2, 0.25) is 0 Å². The molecule has 0 unspecified atom stereocenters. The molecule has 0 fully saturated rings. The van der Waals surface area contributed by atoms with Crippen LogP contribution in [0.25, 0.3) is 11.0 Å². The van der Waals surface area contributed by atoms with E-state index in [4.69, 9.17) is 9.15 Å². The number of fused-ring (bicyclic) bond motifs is 3. The van der Waals surface area contributed by atoms with Crippen molar-refractivity contribution in [2.45, 2.75) is 12.3 Å². The Morgan fingerprint density at radius 3 is 2.45 bits per heavy atom. The predicted octanol–water partition coefficient (Wildman–Crippen LogP) is 3.23. The van der Waals surface area contributed by atoms with Gasteiger partial charge in [0.2, 0.25) is 0 Å². The number of esters is 1. The molecule has 0 aliphatic carbocycles. The third-order valence-corrected chi connectivity index (χ3v) is 3.94. The summed E-state index contributed by atoms with van der Waals surface area (Å²) in [6.07, 6.45) is 0.139. The zero-order valence-corrected chi connectivity index (χ0v) is 11.6. The van der Waals surface area contributed by atoms with Crippen molar-refractivity contribution in [2.24, 2.45) is 0 Å². The van der Waals surface area contributed by atoms with Gasteiger partial charge in [0.25, 0.3) is 0 Å². The Labute approximate surface area is 126 Å². The summed E-state index contributed by atoms with van der Waals surface area (Å²) < 4.78 is 10.8. The molecule has 0 bridgehead atoms. The van der Waals surface area contributed by atoms with E-state index in [0.29, 0.717) is 22.3 Å². The fourth-order valence-corrected chi connectivity index (χ4v) is 2.94. The quantitative estimate of drug-likeness (QED) is 0.510. The number of rotatable bonds is 1. The van der Waals surface area contributed by atoms with Crippen molar-refractivity contribution >= 4 is 16.9 Å². The van der Waals surface area contributed by atoms with Gasteiger partial charge in [0.05, 0.1) is 17.4 Å². The molecule has 0 amide bonds. The number of hydrogen-bond acceptors (Lipinski definition) is 4. The Bertz CT molecular complexity index is 925. The molecular formula is C18H12O4. The Morgan fingerprint density at radius 1 is 0.909 bits per heavy atom. The van der Waals surface area contributed by atoms with E-state index in [1.165, 1.54) is 0 Å². The van der Waals surface area contributed by atoms with Crippen molar-refractivity contribution in [1.82, 2.24) is 0 Å². The molecule has 0 radical (unpaired) electrons. The van der Waals surface area contributed by atoms with E-state index in [2.05, 4.69) is 0 Å². The van der Waals surface area contributed by atoms with Crippen LogP contribution in [0.15, 0.2) is 63.8 Å². The molecule has 108 valence electrons. The summed E-state index contributed by atoms with van der Waals surface area (Å²) in [7, 11) is 0. The second-order valence-corrected chi connectivity index (χ2v) is 5.27. The average molecular weight is 292 g/mol. The fraction of sp³-hybridized carbons (Fsp3) is 0.111. The van der Waals surface area contributed by atoms with Crippen LogP contribution in [0.4, 0.5) is 0 Å². The van der Waals surface area contributed by atoms with Gasteiger partial charge in [-0.2, -0.15) is 0 Å². The number of para-hydroxylation sites is 1. The Hall–Kier alpha value is -2.88. The smallest absolute Gasteiger partial charge is 0.343 e. The molecule has 1 atom stereocenters. The molecule has 4 heteroatoms. The SMILES string of the molecule is O=C1C[C@H](c2ccccc2)c2c(c3ccccc3oc2=O)O1. The maximum absolute atomic E-state index is 12.4. The molecule has 1 aliphatic rings. The molecule has 0 N–H and O–H groups in total. The average Bonchev–Trinajstić information content (AvgIpc) is 2.55. The summed E-state index contributed by atoms with van der Waals surface area (Å²) in [4.78, 5) is 24.4. The van der Waals surface area contributed by atoms with Gasteiger partial charge in [0.15, 0.2) is 5.75 Å². The van der Waals surface area contributed by atoms with Crippen molar-refractivity contribution in [3.8, 4) is 5.75 Å². The fourth-order valence-electron chi connectivity index (χ4n) is 2.94. The summed E-state index contributed by atoms with van der Waals surface area (Å²) >= 11 is 0. The van der Waals surface area contributed by atoms with E-state index in [9.17, 15) is 9.59 Å². The lowest BCUT2D eigenvalue weighted by Gasteiger charge is -2.24. The second-order valence-electron chi connectivity index (χ2n) is 5.27. The van der Waals surface area contributed by atoms with Crippen LogP contribution in [-0.2, 0) is 4.79 Å². The van der Waals surface area contributed by atoms with E-state index in [1.807, 2.05) is 36.4 Å². The molecule has 2 aromatic carbocycles. The number of hydrogen-bond donors (Lipinski definition) is 0. The van der Waals surface area contributed by atoms with E-state index < -0.39 is 5.63 Å². The van der Waals surface area contributed by atoms with Crippen molar-refractivity contribution < 1.29 is 13.9 Å². The summed E-state index contributed by atoms with van der Waals surface area (Å²) in [5, 5.41) is 0.645. The number of carbonyl (C=O) groups excluding carboxylic acids is 1. The van der Waals surface area contributed by atoms with Crippen LogP contribution in [0, 0.1) is 0 Å². The Balaban J connectivity index is 2.04. The van der Waals surface area contributed by atoms with Crippen molar-refractivity contribution in [1.29, 1.82) is 0 Å². The van der Waals surface area contributed by atoms with Gasteiger partial charge in [-0.05, 0) is 17.7 Å². The van der Waals surface area contributed by atoms with Gasteiger partial charge >= 0.3 is 11.6 Å². The normalized spacial score (nSPS) is 17.1. The minimum Gasteiger partial charge on any atom is -0.425 e. The summed E-state index contributed by atoms with van der Waals surface area (Å²) in [5.41, 5.74) is 1.30. The maximum atomic E-state index is 12.4. The minimum atomic E-state index is -0.449. The van der Waals surface area contributed by atoms with Gasteiger partial charge in [0.1, 0.15) is 5.58 Å². The summed E-state index contributed by atoms with van der Waals surface area (Å²) in [5.74, 6) is -0.340. The Morgan fingerprint density at radius 2 is 1.64 bits per heavy atom. The lowest BCUT2D eigenvalue weighted by molar-refractivity contribution is -0.135. The molecule has 2 heterocycles. The first-order valence-electron chi connectivity index (χ1n) is 7.05. The molecule has 0 saturated carbocycles. The highest BCUT2D eigenvalue weighted by Crippen LogP contribution is 2.40. The first kappa shape index (κ1) is 12.8. The molecule has 0 saturated heterocycles. The van der Waals surface area contributed by atoms with Crippen LogP contribution < -0.4 is 10.4 Å². The summed E-state index contributed by atoms with van der Waals surface area (Å²) in [6.45, 7) is 0. The minimum absolute atomic E-state index is 0.139. The number of ether oxygens (including phenoxy) is 1. The first-order valence-corrected chi connectivity index (χ1v) is 7.05.